The van der Waals surface area contributed by atoms with Gasteiger partial charge in [-0.25, -0.2) is 4.79 Å². The second-order valence-electron chi connectivity index (χ2n) is 12.4. The molecule has 2 saturated heterocycles. The maximum Gasteiger partial charge on any atom is 0.410 e. The molecule has 2 heterocycles. The number of hydrogen-bond donors (Lipinski definition) is 3. The summed E-state index contributed by atoms with van der Waals surface area (Å²) < 4.78 is 22.4. The summed E-state index contributed by atoms with van der Waals surface area (Å²) in [7, 11) is 3.20. The van der Waals surface area contributed by atoms with Crippen LogP contribution in [0.5, 0.6) is 11.5 Å². The Morgan fingerprint density at radius 2 is 1.63 bits per heavy atom. The number of aliphatic hydroxyl groups is 1. The summed E-state index contributed by atoms with van der Waals surface area (Å²) in [5.74, 6) is 1.37. The highest BCUT2D eigenvalue weighted by Crippen LogP contribution is 2.30. The smallest absolute Gasteiger partial charge is 0.410 e. The Labute approximate surface area is 309 Å². The molecule has 0 unspecified atom stereocenters. The van der Waals surface area contributed by atoms with E-state index in [0.29, 0.717) is 41.3 Å². The minimum atomic E-state index is -0.475. The lowest BCUT2D eigenvalue weighted by Crippen LogP contribution is -2.56. The van der Waals surface area contributed by atoms with Crippen molar-refractivity contribution in [2.45, 2.75) is 45.1 Å². The van der Waals surface area contributed by atoms with Crippen molar-refractivity contribution in [1.29, 1.82) is 0 Å². The van der Waals surface area contributed by atoms with Crippen LogP contribution in [0.1, 0.15) is 26.3 Å². The second kappa shape index (κ2) is 20.8. The number of rotatable bonds is 8. The Hall–Kier alpha value is -2.77. The molecule has 2 atom stereocenters. The molecular weight excluding hydrogens is 735 g/mol. The summed E-state index contributed by atoms with van der Waals surface area (Å²) in [6.07, 6.45) is -0.262. The zero-order valence-corrected chi connectivity index (χ0v) is 32.0. The fourth-order valence-corrected chi connectivity index (χ4v) is 5.75. The minimum Gasteiger partial charge on any atom is -0.495 e. The molecule has 2 aliphatic rings. The summed E-state index contributed by atoms with van der Waals surface area (Å²) in [6, 6.07) is 21.4. The monoisotopic (exact) mass is 782 g/mol. The first-order valence-electron chi connectivity index (χ1n) is 16.2. The van der Waals surface area contributed by atoms with Crippen molar-refractivity contribution in [3.05, 3.63) is 86.8 Å². The Bertz CT molecular complexity index is 1430. The molecule has 0 aromatic heterocycles. The zero-order chi connectivity index (χ0) is 35.8. The standard InChI is InChI=1S/C17H26N2O3.C12H17ClN2O2.C7H6BrClO/c1-17(2,3)22-16(20)19-10-9-18-11-15(19)13-21-12-14-7-5-4-6-8-14;1-17-12-6-10(2-3-11(12)13)15-5-4-14-9(7-15)8-16;1-10-7-4-5(8)2-3-6(7)9/h4-8,15,18H,9-13H2,1-3H3;2-3,6,9,14,16H,4-5,7-8H2,1H3;2-4H,1H3/t15-;9-;/m11./s1. The quantitative estimate of drug-likeness (QED) is 0.232. The fraction of sp³-hybridized carbons (Fsp3) is 0.472. The third-order valence-corrected chi connectivity index (χ3v) is 8.61. The van der Waals surface area contributed by atoms with Crippen molar-refractivity contribution in [3.8, 4) is 11.5 Å². The first-order valence-corrected chi connectivity index (χ1v) is 17.7. The van der Waals surface area contributed by atoms with Crippen LogP contribution in [-0.2, 0) is 16.1 Å². The first-order chi connectivity index (χ1) is 23.4. The van der Waals surface area contributed by atoms with Gasteiger partial charge in [-0.15, -0.1) is 0 Å². The van der Waals surface area contributed by atoms with Crippen LogP contribution < -0.4 is 25.0 Å². The molecule has 270 valence electrons. The van der Waals surface area contributed by atoms with E-state index in [1.165, 1.54) is 0 Å². The Morgan fingerprint density at radius 1 is 0.959 bits per heavy atom. The molecule has 2 fully saturated rings. The van der Waals surface area contributed by atoms with Gasteiger partial charge in [0.1, 0.15) is 17.1 Å². The highest BCUT2D eigenvalue weighted by atomic mass is 79.9. The third-order valence-electron chi connectivity index (χ3n) is 7.49. The number of anilines is 1. The number of nitrogens with one attached hydrogen (secondary N) is 2. The highest BCUT2D eigenvalue weighted by Gasteiger charge is 2.30. The number of ether oxygens (including phenoxy) is 4. The van der Waals surface area contributed by atoms with E-state index >= 15 is 0 Å². The molecule has 0 spiro atoms. The molecule has 10 nitrogen and oxygen atoms in total. The van der Waals surface area contributed by atoms with Gasteiger partial charge in [-0.3, -0.25) is 0 Å². The maximum atomic E-state index is 12.3. The van der Waals surface area contributed by atoms with Crippen LogP contribution in [0.2, 0.25) is 10.0 Å². The summed E-state index contributed by atoms with van der Waals surface area (Å²) >= 11 is 15.0. The van der Waals surface area contributed by atoms with E-state index in [4.69, 9.17) is 47.3 Å². The summed E-state index contributed by atoms with van der Waals surface area (Å²) in [5, 5.41) is 17.0. The first kappa shape index (κ1) is 40.7. The van der Waals surface area contributed by atoms with Gasteiger partial charge in [-0.2, -0.15) is 0 Å². The summed E-state index contributed by atoms with van der Waals surface area (Å²) in [6.45, 7) is 11.6. The molecule has 0 radical (unpaired) electrons. The number of halogens is 3. The summed E-state index contributed by atoms with van der Waals surface area (Å²) in [5.41, 5.74) is 1.73. The lowest BCUT2D eigenvalue weighted by molar-refractivity contribution is -0.00653. The van der Waals surface area contributed by atoms with Crippen molar-refractivity contribution >= 4 is 50.9 Å². The largest absolute Gasteiger partial charge is 0.495 e. The van der Waals surface area contributed by atoms with Gasteiger partial charge >= 0.3 is 6.09 Å². The molecule has 0 saturated carbocycles. The average Bonchev–Trinajstić information content (AvgIpc) is 3.10. The van der Waals surface area contributed by atoms with Crippen LogP contribution in [0.4, 0.5) is 10.5 Å². The molecule has 3 aromatic carbocycles. The van der Waals surface area contributed by atoms with Crippen molar-refractivity contribution in [3.63, 3.8) is 0 Å². The van der Waals surface area contributed by atoms with E-state index in [1.807, 2.05) is 81.4 Å². The number of carbonyl (C=O) groups is 1. The minimum absolute atomic E-state index is 0.00677. The molecule has 2 aliphatic heterocycles. The van der Waals surface area contributed by atoms with E-state index in [0.717, 1.165) is 48.4 Å². The molecule has 5 rings (SSSR count). The molecule has 49 heavy (non-hydrogen) atoms. The van der Waals surface area contributed by atoms with Crippen LogP contribution >= 0.6 is 39.1 Å². The van der Waals surface area contributed by atoms with E-state index in [1.54, 1.807) is 25.2 Å². The number of benzene rings is 3. The number of piperazine rings is 2. The molecule has 3 aromatic rings. The number of aliphatic hydroxyl groups excluding tert-OH is 1. The number of nitrogens with zero attached hydrogens (tertiary/aromatic N) is 2. The van der Waals surface area contributed by atoms with Gasteiger partial charge < -0.3 is 44.5 Å². The van der Waals surface area contributed by atoms with Gasteiger partial charge in [0.15, 0.2) is 0 Å². The number of carbonyl (C=O) groups excluding carboxylic acids is 1. The SMILES string of the molecule is CC(C)(C)OC(=O)N1CCNC[C@@H]1COCc1ccccc1.COc1cc(Br)ccc1Cl.COc1cc(N2CCN[C@@H](CO)C2)ccc1Cl. The van der Waals surface area contributed by atoms with Gasteiger partial charge in [0.05, 0.1) is 50.1 Å². The molecular formula is C36H49BrCl2N4O6. The van der Waals surface area contributed by atoms with Crippen molar-refractivity contribution in [2.24, 2.45) is 0 Å². The Morgan fingerprint density at radius 3 is 2.27 bits per heavy atom. The predicted octanol–water partition coefficient (Wildman–Crippen LogP) is 6.64. The molecule has 0 bridgehead atoms. The van der Waals surface area contributed by atoms with E-state index in [9.17, 15) is 4.79 Å². The van der Waals surface area contributed by atoms with Crippen molar-refractivity contribution < 1.29 is 28.8 Å². The lowest BCUT2D eigenvalue weighted by atomic mass is 10.2. The number of amides is 1. The van der Waals surface area contributed by atoms with Crippen LogP contribution in [0.15, 0.2) is 71.2 Å². The van der Waals surface area contributed by atoms with Gasteiger partial charge in [-0.05, 0) is 56.7 Å². The molecule has 13 heteroatoms. The van der Waals surface area contributed by atoms with Gasteiger partial charge in [0.2, 0.25) is 0 Å². The number of hydrogen-bond acceptors (Lipinski definition) is 9. The van der Waals surface area contributed by atoms with Crippen LogP contribution in [0, 0.1) is 0 Å². The zero-order valence-electron chi connectivity index (χ0n) is 28.9. The van der Waals surface area contributed by atoms with E-state index < -0.39 is 5.60 Å². The topological polar surface area (TPSA) is 105 Å². The lowest BCUT2D eigenvalue weighted by Gasteiger charge is -2.36. The third kappa shape index (κ3) is 14.2. The van der Waals surface area contributed by atoms with E-state index in [-0.39, 0.29) is 24.8 Å². The average molecular weight is 785 g/mol. The Balaban J connectivity index is 0.000000213. The van der Waals surface area contributed by atoms with Gasteiger partial charge in [-0.1, -0.05) is 69.5 Å². The maximum absolute atomic E-state index is 12.3. The van der Waals surface area contributed by atoms with E-state index in [2.05, 4.69) is 31.5 Å². The number of methoxy groups -OCH3 is 2. The van der Waals surface area contributed by atoms with Crippen LogP contribution in [0.25, 0.3) is 0 Å². The highest BCUT2D eigenvalue weighted by molar-refractivity contribution is 9.10. The van der Waals surface area contributed by atoms with Gasteiger partial charge in [0.25, 0.3) is 0 Å². The van der Waals surface area contributed by atoms with Crippen LogP contribution in [0.3, 0.4) is 0 Å². The molecule has 1 amide bonds. The fourth-order valence-electron chi connectivity index (χ4n) is 5.02. The normalized spacial score (nSPS) is 17.6. The predicted molar refractivity (Wildman–Crippen MR) is 200 cm³/mol. The van der Waals surface area contributed by atoms with Gasteiger partial charge in [0, 0.05) is 61.5 Å². The second-order valence-corrected chi connectivity index (χ2v) is 14.1. The van der Waals surface area contributed by atoms with Crippen molar-refractivity contribution in [2.75, 3.05) is 71.6 Å². The molecule has 3 N–H and O–H groups in total. The molecule has 0 aliphatic carbocycles. The summed E-state index contributed by atoms with van der Waals surface area (Å²) in [4.78, 5) is 16.3. The van der Waals surface area contributed by atoms with Crippen molar-refractivity contribution in [1.82, 2.24) is 15.5 Å². The van der Waals surface area contributed by atoms with Crippen LogP contribution in [-0.4, -0.2) is 100 Å². The Kier molecular flexibility index (Phi) is 17.3.